The van der Waals surface area contributed by atoms with Crippen LogP contribution in [0.2, 0.25) is 0 Å². The molecule has 4 nitrogen and oxygen atoms in total. The molecule has 4 heteroatoms. The van der Waals surface area contributed by atoms with Crippen LogP contribution < -0.4 is 0 Å². The predicted molar refractivity (Wildman–Crippen MR) is 81.5 cm³/mol. The summed E-state index contributed by atoms with van der Waals surface area (Å²) >= 11 is 0. The number of hydrogen-bond acceptors (Lipinski definition) is 3. The Bertz CT molecular complexity index is 556. The maximum Gasteiger partial charge on any atom is 0.339 e. The second kappa shape index (κ2) is 7.34. The van der Waals surface area contributed by atoms with Crippen LogP contribution >= 0.6 is 0 Å². The van der Waals surface area contributed by atoms with E-state index in [-0.39, 0.29) is 6.61 Å². The van der Waals surface area contributed by atoms with Crippen molar-refractivity contribution in [2.24, 2.45) is 4.99 Å². The normalized spacial score (nSPS) is 10.3. The van der Waals surface area contributed by atoms with Gasteiger partial charge in [-0.25, -0.2) is 9.79 Å². The van der Waals surface area contributed by atoms with E-state index in [1.807, 2.05) is 31.9 Å². The first kappa shape index (κ1) is 15.8. The molecule has 0 saturated carbocycles. The van der Waals surface area contributed by atoms with E-state index in [1.165, 1.54) is 0 Å². The van der Waals surface area contributed by atoms with Crippen LogP contribution in [0.15, 0.2) is 17.1 Å². The topological polar surface area (TPSA) is 41.9 Å². The molecule has 0 aromatic heterocycles. The molecule has 0 N–H and O–H groups in total. The van der Waals surface area contributed by atoms with Gasteiger partial charge in [0, 0.05) is 13.6 Å². The highest BCUT2D eigenvalue weighted by molar-refractivity contribution is 5.92. The molecule has 0 atom stereocenters. The molecule has 106 valence electrons. The first-order valence-electron chi connectivity index (χ1n) is 6.45. The molecular weight excluding hydrogens is 252 g/mol. The third kappa shape index (κ3) is 4.13. The SMILES string of the molecule is C#CCOC(=O)c1cc(C)c(N=CN(C)CC)cc1C. The summed E-state index contributed by atoms with van der Waals surface area (Å²) in [5.41, 5.74) is 3.12. The molecule has 0 radical (unpaired) electrons. The number of carbonyl (C=O) groups excluding carboxylic acids is 1. The van der Waals surface area contributed by atoms with Crippen LogP contribution in [0, 0.1) is 26.2 Å². The number of aliphatic imine (C=N–C) groups is 1. The van der Waals surface area contributed by atoms with Crippen LogP contribution in [-0.2, 0) is 4.74 Å². The quantitative estimate of drug-likeness (QED) is 0.358. The van der Waals surface area contributed by atoms with Gasteiger partial charge in [-0.05, 0) is 44.0 Å². The van der Waals surface area contributed by atoms with E-state index in [4.69, 9.17) is 11.2 Å². The van der Waals surface area contributed by atoms with Gasteiger partial charge in [-0.15, -0.1) is 6.42 Å². The lowest BCUT2D eigenvalue weighted by molar-refractivity contribution is 0.0556. The highest BCUT2D eigenvalue weighted by atomic mass is 16.5. The van der Waals surface area contributed by atoms with E-state index in [2.05, 4.69) is 17.8 Å². The minimum absolute atomic E-state index is 0.0154. The minimum atomic E-state index is -0.398. The molecule has 0 spiro atoms. The number of esters is 1. The maximum atomic E-state index is 11.8. The summed E-state index contributed by atoms with van der Waals surface area (Å²) < 4.78 is 4.95. The number of rotatable bonds is 5. The second-order valence-electron chi connectivity index (χ2n) is 4.55. The zero-order valence-electron chi connectivity index (χ0n) is 12.4. The van der Waals surface area contributed by atoms with Crippen LogP contribution in [-0.4, -0.2) is 37.4 Å². The van der Waals surface area contributed by atoms with Gasteiger partial charge in [0.15, 0.2) is 6.61 Å². The Kier molecular flexibility index (Phi) is 5.79. The third-order valence-electron chi connectivity index (χ3n) is 2.94. The van der Waals surface area contributed by atoms with Gasteiger partial charge in [-0.1, -0.05) is 5.92 Å². The van der Waals surface area contributed by atoms with Crippen molar-refractivity contribution in [2.45, 2.75) is 20.8 Å². The van der Waals surface area contributed by atoms with Gasteiger partial charge in [0.1, 0.15) is 0 Å². The zero-order chi connectivity index (χ0) is 15.1. The van der Waals surface area contributed by atoms with Crippen LogP contribution in [0.3, 0.4) is 0 Å². The molecule has 0 fully saturated rings. The molecule has 1 aromatic carbocycles. The predicted octanol–water partition coefficient (Wildman–Crippen LogP) is 2.70. The van der Waals surface area contributed by atoms with Crippen molar-refractivity contribution < 1.29 is 9.53 Å². The van der Waals surface area contributed by atoms with Gasteiger partial charge in [0.2, 0.25) is 0 Å². The van der Waals surface area contributed by atoms with Gasteiger partial charge in [-0.3, -0.25) is 0 Å². The Morgan fingerprint density at radius 2 is 2.15 bits per heavy atom. The summed E-state index contributed by atoms with van der Waals surface area (Å²) in [5.74, 6) is 1.88. The molecule has 1 aromatic rings. The Morgan fingerprint density at radius 3 is 2.75 bits per heavy atom. The number of benzene rings is 1. The van der Waals surface area contributed by atoms with Gasteiger partial charge >= 0.3 is 5.97 Å². The van der Waals surface area contributed by atoms with Crippen molar-refractivity contribution >= 4 is 18.0 Å². The van der Waals surface area contributed by atoms with Crippen LogP contribution in [0.4, 0.5) is 5.69 Å². The first-order valence-corrected chi connectivity index (χ1v) is 6.45. The first-order chi connectivity index (χ1) is 9.49. The number of nitrogens with zero attached hydrogens (tertiary/aromatic N) is 2. The van der Waals surface area contributed by atoms with Crippen LogP contribution in [0.5, 0.6) is 0 Å². The fourth-order valence-electron chi connectivity index (χ4n) is 1.59. The molecule has 0 unspecified atom stereocenters. The largest absolute Gasteiger partial charge is 0.449 e. The molecular formula is C16H20N2O2. The molecule has 0 aliphatic heterocycles. The van der Waals surface area contributed by atoms with E-state index in [0.717, 1.165) is 23.4 Å². The second-order valence-corrected chi connectivity index (χ2v) is 4.55. The van der Waals surface area contributed by atoms with Gasteiger partial charge in [0.05, 0.1) is 17.6 Å². The number of carbonyl (C=O) groups is 1. The lowest BCUT2D eigenvalue weighted by atomic mass is 10.0. The van der Waals surface area contributed by atoms with Crippen molar-refractivity contribution in [1.82, 2.24) is 4.90 Å². The van der Waals surface area contributed by atoms with E-state index >= 15 is 0 Å². The summed E-state index contributed by atoms with van der Waals surface area (Å²) in [6.45, 7) is 6.69. The summed E-state index contributed by atoms with van der Waals surface area (Å²) in [6.07, 6.45) is 6.85. The molecule has 0 saturated heterocycles. The van der Waals surface area contributed by atoms with Crippen molar-refractivity contribution in [3.05, 3.63) is 28.8 Å². The number of ether oxygens (including phenoxy) is 1. The van der Waals surface area contributed by atoms with Crippen molar-refractivity contribution in [3.63, 3.8) is 0 Å². The molecule has 0 bridgehead atoms. The molecule has 0 heterocycles. The average molecular weight is 272 g/mol. The van der Waals surface area contributed by atoms with Gasteiger partial charge < -0.3 is 9.64 Å². The fraction of sp³-hybridized carbons (Fsp3) is 0.375. The van der Waals surface area contributed by atoms with Crippen LogP contribution in [0.1, 0.15) is 28.4 Å². The summed E-state index contributed by atoms with van der Waals surface area (Å²) in [6, 6.07) is 3.66. The van der Waals surface area contributed by atoms with Crippen molar-refractivity contribution in [2.75, 3.05) is 20.2 Å². The summed E-state index contributed by atoms with van der Waals surface area (Å²) in [4.78, 5) is 18.2. The van der Waals surface area contributed by atoms with E-state index in [9.17, 15) is 4.79 Å². The highest BCUT2D eigenvalue weighted by Crippen LogP contribution is 2.23. The zero-order valence-corrected chi connectivity index (χ0v) is 12.4. The molecule has 20 heavy (non-hydrogen) atoms. The van der Waals surface area contributed by atoms with Gasteiger partial charge in [-0.2, -0.15) is 0 Å². The fourth-order valence-corrected chi connectivity index (χ4v) is 1.59. The van der Waals surface area contributed by atoms with E-state index < -0.39 is 5.97 Å². The summed E-state index contributed by atoms with van der Waals surface area (Å²) in [5, 5.41) is 0. The Balaban J connectivity index is 3.00. The summed E-state index contributed by atoms with van der Waals surface area (Å²) in [7, 11) is 1.96. The Labute approximate surface area is 120 Å². The third-order valence-corrected chi connectivity index (χ3v) is 2.94. The Morgan fingerprint density at radius 1 is 1.45 bits per heavy atom. The average Bonchev–Trinajstić information content (AvgIpc) is 2.44. The lowest BCUT2D eigenvalue weighted by Gasteiger charge is -2.11. The number of aryl methyl sites for hydroxylation is 2. The van der Waals surface area contributed by atoms with Gasteiger partial charge in [0.25, 0.3) is 0 Å². The highest BCUT2D eigenvalue weighted by Gasteiger charge is 2.12. The van der Waals surface area contributed by atoms with Crippen molar-refractivity contribution in [1.29, 1.82) is 0 Å². The number of hydrogen-bond donors (Lipinski definition) is 0. The standard InChI is InChI=1S/C16H20N2O2/c1-6-8-20-16(19)14-9-13(4)15(10-12(14)3)17-11-18(5)7-2/h1,9-11H,7-8H2,2-5H3. The molecule has 0 aliphatic carbocycles. The molecule has 0 amide bonds. The Hall–Kier alpha value is -2.28. The maximum absolute atomic E-state index is 11.8. The van der Waals surface area contributed by atoms with E-state index in [1.54, 1.807) is 12.4 Å². The molecule has 0 aliphatic rings. The minimum Gasteiger partial charge on any atom is -0.449 e. The van der Waals surface area contributed by atoms with Crippen LogP contribution in [0.25, 0.3) is 0 Å². The van der Waals surface area contributed by atoms with E-state index in [0.29, 0.717) is 5.56 Å². The lowest BCUT2D eigenvalue weighted by Crippen LogP contribution is -2.14. The monoisotopic (exact) mass is 272 g/mol. The van der Waals surface area contributed by atoms with Crippen molar-refractivity contribution in [3.8, 4) is 12.3 Å². The molecule has 1 rings (SSSR count). The number of terminal acetylenes is 1. The smallest absolute Gasteiger partial charge is 0.339 e.